The van der Waals surface area contributed by atoms with Gasteiger partial charge in [0.05, 0.1) is 5.69 Å². The van der Waals surface area contributed by atoms with Gasteiger partial charge in [-0.1, -0.05) is 20.8 Å². The highest BCUT2D eigenvalue weighted by atomic mass is 15.3. The SMILES string of the molecule is CC(C)n1nc(CC(C)(C)C)cc1N. The van der Waals surface area contributed by atoms with Crippen LogP contribution in [0.1, 0.15) is 46.4 Å². The van der Waals surface area contributed by atoms with Crippen LogP contribution in [0.5, 0.6) is 0 Å². The minimum atomic E-state index is 0.266. The molecular weight excluding hydrogens is 174 g/mol. The van der Waals surface area contributed by atoms with E-state index < -0.39 is 0 Å². The molecule has 0 spiro atoms. The van der Waals surface area contributed by atoms with Crippen LogP contribution in [0, 0.1) is 5.41 Å². The zero-order valence-corrected chi connectivity index (χ0v) is 9.83. The quantitative estimate of drug-likeness (QED) is 0.788. The summed E-state index contributed by atoms with van der Waals surface area (Å²) in [5.41, 5.74) is 7.21. The fourth-order valence-corrected chi connectivity index (χ4v) is 1.51. The molecule has 0 unspecified atom stereocenters. The van der Waals surface area contributed by atoms with Crippen LogP contribution < -0.4 is 5.73 Å². The summed E-state index contributed by atoms with van der Waals surface area (Å²) in [6, 6.07) is 2.31. The number of aromatic nitrogens is 2. The summed E-state index contributed by atoms with van der Waals surface area (Å²) in [5.74, 6) is 0.763. The highest BCUT2D eigenvalue weighted by molar-refractivity contribution is 5.31. The van der Waals surface area contributed by atoms with Crippen LogP contribution in [0.3, 0.4) is 0 Å². The third-order valence-electron chi connectivity index (χ3n) is 2.02. The van der Waals surface area contributed by atoms with Gasteiger partial charge in [-0.3, -0.25) is 0 Å². The molecule has 80 valence electrons. The third-order valence-corrected chi connectivity index (χ3v) is 2.02. The zero-order valence-electron chi connectivity index (χ0n) is 9.83. The number of hydrogen-bond acceptors (Lipinski definition) is 2. The topological polar surface area (TPSA) is 43.8 Å². The summed E-state index contributed by atoms with van der Waals surface area (Å²) in [6.07, 6.45) is 0.969. The van der Waals surface area contributed by atoms with Gasteiger partial charge in [0.25, 0.3) is 0 Å². The molecule has 14 heavy (non-hydrogen) atoms. The lowest BCUT2D eigenvalue weighted by Crippen LogP contribution is -2.11. The fourth-order valence-electron chi connectivity index (χ4n) is 1.51. The van der Waals surface area contributed by atoms with Crippen LogP contribution in [0.25, 0.3) is 0 Å². The molecule has 1 heterocycles. The minimum absolute atomic E-state index is 0.266. The average molecular weight is 195 g/mol. The molecule has 2 N–H and O–H groups in total. The molecule has 1 aromatic rings. The molecule has 0 aliphatic carbocycles. The Morgan fingerprint density at radius 1 is 1.43 bits per heavy atom. The van der Waals surface area contributed by atoms with Crippen molar-refractivity contribution in [3.05, 3.63) is 11.8 Å². The Kier molecular flexibility index (Phi) is 2.88. The van der Waals surface area contributed by atoms with Gasteiger partial charge in [-0.05, 0) is 25.7 Å². The molecule has 0 amide bonds. The number of rotatable bonds is 2. The number of nitrogens with zero attached hydrogens (tertiary/aromatic N) is 2. The first kappa shape index (κ1) is 11.1. The zero-order chi connectivity index (χ0) is 10.9. The van der Waals surface area contributed by atoms with Gasteiger partial charge in [0.15, 0.2) is 0 Å². The lowest BCUT2D eigenvalue weighted by Gasteiger charge is -2.15. The summed E-state index contributed by atoms with van der Waals surface area (Å²) in [7, 11) is 0. The minimum Gasteiger partial charge on any atom is -0.384 e. The lowest BCUT2D eigenvalue weighted by atomic mass is 9.91. The fraction of sp³-hybridized carbons (Fsp3) is 0.727. The van der Waals surface area contributed by atoms with E-state index in [1.165, 1.54) is 0 Å². The predicted octanol–water partition coefficient (Wildman–Crippen LogP) is 2.63. The van der Waals surface area contributed by atoms with Crippen molar-refractivity contribution in [3.63, 3.8) is 0 Å². The van der Waals surface area contributed by atoms with Gasteiger partial charge >= 0.3 is 0 Å². The second kappa shape index (κ2) is 3.64. The van der Waals surface area contributed by atoms with Crippen LogP contribution in [-0.4, -0.2) is 9.78 Å². The van der Waals surface area contributed by atoms with E-state index >= 15 is 0 Å². The van der Waals surface area contributed by atoms with Crippen LogP contribution in [0.4, 0.5) is 5.82 Å². The van der Waals surface area contributed by atoms with E-state index in [9.17, 15) is 0 Å². The number of nitrogen functional groups attached to an aromatic ring is 1. The van der Waals surface area contributed by atoms with Crippen LogP contribution in [0.2, 0.25) is 0 Å². The summed E-state index contributed by atoms with van der Waals surface area (Å²) in [4.78, 5) is 0. The van der Waals surface area contributed by atoms with E-state index in [0.29, 0.717) is 6.04 Å². The van der Waals surface area contributed by atoms with E-state index in [-0.39, 0.29) is 5.41 Å². The molecule has 0 atom stereocenters. The molecule has 1 aromatic heterocycles. The molecule has 0 aromatic carbocycles. The van der Waals surface area contributed by atoms with E-state index in [0.717, 1.165) is 17.9 Å². The van der Waals surface area contributed by atoms with Gasteiger partial charge in [0.2, 0.25) is 0 Å². The maximum Gasteiger partial charge on any atom is 0.122 e. The molecule has 0 saturated heterocycles. The van der Waals surface area contributed by atoms with Crippen molar-refractivity contribution in [2.75, 3.05) is 5.73 Å². The van der Waals surface area contributed by atoms with Crippen LogP contribution >= 0.6 is 0 Å². The smallest absolute Gasteiger partial charge is 0.122 e. The summed E-state index contributed by atoms with van der Waals surface area (Å²) in [6.45, 7) is 10.8. The molecule has 0 aliphatic rings. The van der Waals surface area contributed by atoms with E-state index in [4.69, 9.17) is 5.73 Å². The summed E-state index contributed by atoms with van der Waals surface area (Å²) >= 11 is 0. The van der Waals surface area contributed by atoms with E-state index in [1.807, 2.05) is 10.7 Å². The number of hydrogen-bond donors (Lipinski definition) is 1. The van der Waals surface area contributed by atoms with Crippen molar-refractivity contribution in [2.45, 2.75) is 47.1 Å². The summed E-state index contributed by atoms with van der Waals surface area (Å²) in [5, 5.41) is 4.49. The van der Waals surface area contributed by atoms with Crippen molar-refractivity contribution < 1.29 is 0 Å². The maximum atomic E-state index is 5.86. The lowest BCUT2D eigenvalue weighted by molar-refractivity contribution is 0.401. The average Bonchev–Trinajstić information content (AvgIpc) is 2.26. The molecule has 0 fully saturated rings. The Bertz CT molecular complexity index is 305. The van der Waals surface area contributed by atoms with Crippen molar-refractivity contribution in [3.8, 4) is 0 Å². The van der Waals surface area contributed by atoms with Crippen LogP contribution in [0.15, 0.2) is 6.07 Å². The molecule has 1 rings (SSSR count). The second-order valence-corrected chi connectivity index (χ2v) is 5.34. The van der Waals surface area contributed by atoms with Crippen LogP contribution in [-0.2, 0) is 6.42 Å². The Labute approximate surface area is 86.3 Å². The van der Waals surface area contributed by atoms with Crippen molar-refractivity contribution in [1.82, 2.24) is 9.78 Å². The first-order valence-electron chi connectivity index (χ1n) is 5.13. The first-order chi connectivity index (χ1) is 6.29. The monoisotopic (exact) mass is 195 g/mol. The Morgan fingerprint density at radius 2 is 2.00 bits per heavy atom. The first-order valence-corrected chi connectivity index (χ1v) is 5.13. The van der Waals surface area contributed by atoms with Gasteiger partial charge in [-0.15, -0.1) is 0 Å². The van der Waals surface area contributed by atoms with E-state index in [1.54, 1.807) is 0 Å². The number of anilines is 1. The Morgan fingerprint density at radius 3 is 2.36 bits per heavy atom. The highest BCUT2D eigenvalue weighted by Crippen LogP contribution is 2.22. The largest absolute Gasteiger partial charge is 0.384 e. The molecule has 3 nitrogen and oxygen atoms in total. The molecule has 0 aliphatic heterocycles. The van der Waals surface area contributed by atoms with Gasteiger partial charge in [-0.25, -0.2) is 4.68 Å². The maximum absolute atomic E-state index is 5.86. The highest BCUT2D eigenvalue weighted by Gasteiger charge is 2.15. The standard InChI is InChI=1S/C11H21N3/c1-8(2)14-10(12)6-9(13-14)7-11(3,4)5/h6,8H,7,12H2,1-5H3. The van der Waals surface area contributed by atoms with Gasteiger partial charge in [0, 0.05) is 12.1 Å². The molecule has 0 saturated carbocycles. The molecule has 0 bridgehead atoms. The Hall–Kier alpha value is -0.990. The normalized spacial score (nSPS) is 12.4. The van der Waals surface area contributed by atoms with Crippen molar-refractivity contribution in [2.24, 2.45) is 5.41 Å². The third kappa shape index (κ3) is 2.76. The van der Waals surface area contributed by atoms with Crippen molar-refractivity contribution >= 4 is 5.82 Å². The van der Waals surface area contributed by atoms with Crippen molar-refractivity contribution in [1.29, 1.82) is 0 Å². The van der Waals surface area contributed by atoms with Gasteiger partial charge < -0.3 is 5.73 Å². The van der Waals surface area contributed by atoms with E-state index in [2.05, 4.69) is 39.7 Å². The Balaban J connectivity index is 2.86. The van der Waals surface area contributed by atoms with Gasteiger partial charge in [0.1, 0.15) is 5.82 Å². The predicted molar refractivity (Wildman–Crippen MR) is 60.2 cm³/mol. The number of nitrogens with two attached hydrogens (primary N) is 1. The summed E-state index contributed by atoms with van der Waals surface area (Å²) < 4.78 is 1.88. The second-order valence-electron chi connectivity index (χ2n) is 5.34. The van der Waals surface area contributed by atoms with Gasteiger partial charge in [-0.2, -0.15) is 5.10 Å². The molecular formula is C11H21N3. The molecule has 3 heteroatoms. The molecule has 0 radical (unpaired) electrons.